The lowest BCUT2D eigenvalue weighted by molar-refractivity contribution is -0.131. The number of aromatic nitrogens is 2. The van der Waals surface area contributed by atoms with Crippen molar-refractivity contribution in [1.29, 1.82) is 0 Å². The quantitative estimate of drug-likeness (QED) is 0.849. The molecule has 1 fully saturated rings. The molecule has 1 aliphatic heterocycles. The van der Waals surface area contributed by atoms with E-state index in [4.69, 9.17) is 0 Å². The van der Waals surface area contributed by atoms with Crippen LogP contribution in [0.5, 0.6) is 0 Å². The third kappa shape index (κ3) is 3.63. The monoisotopic (exact) mass is 311 g/mol. The molecular weight excluding hydrogens is 286 g/mol. The molecule has 1 aromatic carbocycles. The number of carbonyl (C=O) groups excluding carboxylic acids is 1. The number of rotatable bonds is 5. The minimum atomic E-state index is 0.286. The average molecular weight is 311 g/mol. The van der Waals surface area contributed by atoms with Crippen LogP contribution in [-0.2, 0) is 11.3 Å². The maximum absolute atomic E-state index is 12.5. The van der Waals surface area contributed by atoms with Gasteiger partial charge in [0, 0.05) is 43.9 Å². The molecule has 1 aliphatic rings. The highest BCUT2D eigenvalue weighted by Gasteiger charge is 2.33. The standard InChI is InChI=1S/C19H25N3O/c1-15-6-3-4-7-18(15)17-12-16(2)22(13-17)19(23)8-5-10-21-11-9-20-14-21/h3-4,6-7,9,11,14,16-17H,5,8,10,12-13H2,1-2H3/t16-,17+/m0/s1. The maximum Gasteiger partial charge on any atom is 0.222 e. The van der Waals surface area contributed by atoms with Gasteiger partial charge in [-0.3, -0.25) is 4.79 Å². The van der Waals surface area contributed by atoms with Gasteiger partial charge in [-0.25, -0.2) is 4.98 Å². The molecule has 4 nitrogen and oxygen atoms in total. The van der Waals surface area contributed by atoms with Crippen LogP contribution in [0.2, 0.25) is 0 Å². The van der Waals surface area contributed by atoms with Crippen molar-refractivity contribution in [3.8, 4) is 0 Å². The minimum Gasteiger partial charge on any atom is -0.339 e. The van der Waals surface area contributed by atoms with Crippen LogP contribution in [0.3, 0.4) is 0 Å². The minimum absolute atomic E-state index is 0.286. The van der Waals surface area contributed by atoms with E-state index in [0.717, 1.165) is 25.9 Å². The van der Waals surface area contributed by atoms with Gasteiger partial charge in [-0.2, -0.15) is 0 Å². The second-order valence-corrected chi connectivity index (χ2v) is 6.59. The summed E-state index contributed by atoms with van der Waals surface area (Å²) in [4.78, 5) is 18.7. The van der Waals surface area contributed by atoms with Gasteiger partial charge in [0.2, 0.25) is 5.91 Å². The number of nitrogens with zero attached hydrogens (tertiary/aromatic N) is 3. The topological polar surface area (TPSA) is 38.1 Å². The van der Waals surface area contributed by atoms with Crippen LogP contribution in [-0.4, -0.2) is 32.9 Å². The van der Waals surface area contributed by atoms with Crippen LogP contribution in [0, 0.1) is 6.92 Å². The largest absolute Gasteiger partial charge is 0.339 e. The summed E-state index contributed by atoms with van der Waals surface area (Å²) in [6.45, 7) is 6.05. The molecule has 0 spiro atoms. The molecular formula is C19H25N3O. The van der Waals surface area contributed by atoms with Crippen molar-refractivity contribution in [3.05, 3.63) is 54.1 Å². The van der Waals surface area contributed by atoms with Crippen LogP contribution < -0.4 is 0 Å². The zero-order valence-electron chi connectivity index (χ0n) is 14.0. The summed E-state index contributed by atoms with van der Waals surface area (Å²) in [5, 5.41) is 0. The molecule has 1 saturated heterocycles. The summed E-state index contributed by atoms with van der Waals surface area (Å²) in [6, 6.07) is 8.88. The zero-order valence-corrected chi connectivity index (χ0v) is 14.0. The summed E-state index contributed by atoms with van der Waals surface area (Å²) in [5.41, 5.74) is 2.73. The molecule has 0 aliphatic carbocycles. The molecule has 23 heavy (non-hydrogen) atoms. The van der Waals surface area contributed by atoms with Crippen molar-refractivity contribution in [3.63, 3.8) is 0 Å². The Balaban J connectivity index is 1.56. The predicted octanol–water partition coefficient (Wildman–Crippen LogP) is 3.38. The second-order valence-electron chi connectivity index (χ2n) is 6.59. The third-order valence-electron chi connectivity index (χ3n) is 4.89. The number of hydrogen-bond acceptors (Lipinski definition) is 2. The number of imidazole rings is 1. The molecule has 4 heteroatoms. The maximum atomic E-state index is 12.5. The summed E-state index contributed by atoms with van der Waals surface area (Å²) < 4.78 is 2.02. The number of aryl methyl sites for hydroxylation is 2. The van der Waals surface area contributed by atoms with Crippen LogP contribution >= 0.6 is 0 Å². The lowest BCUT2D eigenvalue weighted by Crippen LogP contribution is -2.33. The molecule has 122 valence electrons. The first kappa shape index (κ1) is 15.8. The molecule has 2 heterocycles. The summed E-state index contributed by atoms with van der Waals surface area (Å²) in [7, 11) is 0. The Morgan fingerprint density at radius 1 is 1.35 bits per heavy atom. The molecule has 0 unspecified atom stereocenters. The smallest absolute Gasteiger partial charge is 0.222 e. The lowest BCUT2D eigenvalue weighted by Gasteiger charge is -2.21. The van der Waals surface area contributed by atoms with E-state index in [1.807, 2.05) is 10.8 Å². The highest BCUT2D eigenvalue weighted by atomic mass is 16.2. The van der Waals surface area contributed by atoms with Gasteiger partial charge in [0.1, 0.15) is 0 Å². The molecule has 1 aromatic heterocycles. The molecule has 0 bridgehead atoms. The van der Waals surface area contributed by atoms with Gasteiger partial charge in [-0.15, -0.1) is 0 Å². The Hall–Kier alpha value is -2.10. The van der Waals surface area contributed by atoms with Crippen LogP contribution in [0.25, 0.3) is 0 Å². The number of likely N-dealkylation sites (tertiary alicyclic amines) is 1. The normalized spacial score (nSPS) is 20.9. The van der Waals surface area contributed by atoms with Crippen molar-refractivity contribution >= 4 is 5.91 Å². The fraction of sp³-hybridized carbons (Fsp3) is 0.474. The van der Waals surface area contributed by atoms with E-state index >= 15 is 0 Å². The molecule has 2 aromatic rings. The predicted molar refractivity (Wildman–Crippen MR) is 91.2 cm³/mol. The van der Waals surface area contributed by atoms with Crippen molar-refractivity contribution in [2.75, 3.05) is 6.54 Å². The molecule has 0 saturated carbocycles. The average Bonchev–Trinajstić information content (AvgIpc) is 3.17. The Labute approximate surface area is 138 Å². The number of benzene rings is 1. The van der Waals surface area contributed by atoms with Crippen molar-refractivity contribution in [1.82, 2.24) is 14.5 Å². The molecule has 2 atom stereocenters. The summed E-state index contributed by atoms with van der Waals surface area (Å²) in [5.74, 6) is 0.762. The molecule has 1 amide bonds. The van der Waals surface area contributed by atoms with Crippen molar-refractivity contribution in [2.45, 2.75) is 51.6 Å². The van der Waals surface area contributed by atoms with Gasteiger partial charge in [0.15, 0.2) is 0 Å². The summed E-state index contributed by atoms with van der Waals surface area (Å²) in [6.07, 6.45) is 8.07. The number of amides is 1. The van der Waals surface area contributed by atoms with Crippen molar-refractivity contribution in [2.24, 2.45) is 0 Å². The van der Waals surface area contributed by atoms with E-state index in [9.17, 15) is 4.79 Å². The first-order chi connectivity index (χ1) is 11.1. The van der Waals surface area contributed by atoms with Gasteiger partial charge in [0.25, 0.3) is 0 Å². The van der Waals surface area contributed by atoms with Crippen LogP contribution in [0.4, 0.5) is 0 Å². The lowest BCUT2D eigenvalue weighted by atomic mass is 9.93. The van der Waals surface area contributed by atoms with Gasteiger partial charge in [0.05, 0.1) is 6.33 Å². The summed E-state index contributed by atoms with van der Waals surface area (Å²) >= 11 is 0. The van der Waals surface area contributed by atoms with E-state index in [-0.39, 0.29) is 5.91 Å². The van der Waals surface area contributed by atoms with E-state index in [0.29, 0.717) is 18.4 Å². The zero-order chi connectivity index (χ0) is 16.2. The van der Waals surface area contributed by atoms with Crippen LogP contribution in [0.1, 0.15) is 43.2 Å². The van der Waals surface area contributed by atoms with Gasteiger partial charge < -0.3 is 9.47 Å². The fourth-order valence-electron chi connectivity index (χ4n) is 3.62. The molecule has 0 N–H and O–H groups in total. The Morgan fingerprint density at radius 2 is 2.17 bits per heavy atom. The van der Waals surface area contributed by atoms with E-state index in [1.54, 1.807) is 12.5 Å². The highest BCUT2D eigenvalue weighted by Crippen LogP contribution is 2.33. The van der Waals surface area contributed by atoms with Gasteiger partial charge >= 0.3 is 0 Å². The second kappa shape index (κ2) is 6.99. The fourth-order valence-corrected chi connectivity index (χ4v) is 3.62. The third-order valence-corrected chi connectivity index (χ3v) is 4.89. The van der Waals surface area contributed by atoms with Crippen molar-refractivity contribution < 1.29 is 4.79 Å². The molecule has 0 radical (unpaired) electrons. The number of carbonyl (C=O) groups is 1. The van der Waals surface area contributed by atoms with E-state index in [2.05, 4.69) is 48.0 Å². The van der Waals surface area contributed by atoms with E-state index < -0.39 is 0 Å². The molecule has 3 rings (SSSR count). The Bertz CT molecular complexity index is 650. The Morgan fingerprint density at radius 3 is 2.91 bits per heavy atom. The first-order valence-corrected chi connectivity index (χ1v) is 8.46. The Kier molecular flexibility index (Phi) is 4.79. The first-order valence-electron chi connectivity index (χ1n) is 8.46. The number of hydrogen-bond donors (Lipinski definition) is 0. The highest BCUT2D eigenvalue weighted by molar-refractivity contribution is 5.77. The van der Waals surface area contributed by atoms with Gasteiger partial charge in [-0.05, 0) is 37.8 Å². The van der Waals surface area contributed by atoms with E-state index in [1.165, 1.54) is 11.1 Å². The SMILES string of the molecule is Cc1ccccc1[C@@H]1C[C@H](C)N(C(=O)CCCn2ccnc2)C1. The van der Waals surface area contributed by atoms with Crippen LogP contribution in [0.15, 0.2) is 43.0 Å². The van der Waals surface area contributed by atoms with Gasteiger partial charge in [-0.1, -0.05) is 24.3 Å².